The average Bonchev–Trinajstić information content (AvgIpc) is 3.38. The van der Waals surface area contributed by atoms with Crippen LogP contribution in [0.25, 0.3) is 6.08 Å². The Kier molecular flexibility index (Phi) is 4.92. The van der Waals surface area contributed by atoms with Crippen LogP contribution in [0.4, 0.5) is 0 Å². The van der Waals surface area contributed by atoms with Gasteiger partial charge < -0.3 is 9.47 Å². The molecular weight excluding hydrogens is 382 g/mol. The summed E-state index contributed by atoms with van der Waals surface area (Å²) in [7, 11) is 0. The molecular formula is C24H21NO3S. The van der Waals surface area contributed by atoms with E-state index in [1.54, 1.807) is 11.3 Å². The molecule has 3 heterocycles. The topological polar surface area (TPSA) is 38.8 Å². The Labute approximate surface area is 174 Å². The number of carbonyl (C=O) groups is 1. The lowest BCUT2D eigenvalue weighted by Gasteiger charge is -2.29. The van der Waals surface area contributed by atoms with E-state index in [-0.39, 0.29) is 5.78 Å². The van der Waals surface area contributed by atoms with Crippen molar-refractivity contribution in [2.75, 3.05) is 13.3 Å². The Morgan fingerprint density at radius 2 is 1.97 bits per heavy atom. The molecule has 0 N–H and O–H groups in total. The molecule has 146 valence electrons. The minimum atomic E-state index is -0.0580. The van der Waals surface area contributed by atoms with Gasteiger partial charge in [0, 0.05) is 24.0 Å². The SMILES string of the molecule is O=C1/C(=C/c2cccs2)Oc2c1ccc1c2CN(CCCc2ccccc2)CO1. The number of benzene rings is 2. The van der Waals surface area contributed by atoms with Gasteiger partial charge in [0.05, 0.1) is 11.1 Å². The molecule has 3 aromatic rings. The number of hydrogen-bond donors (Lipinski definition) is 0. The predicted octanol–water partition coefficient (Wildman–Crippen LogP) is 5.15. The van der Waals surface area contributed by atoms with Crippen molar-refractivity contribution in [1.82, 2.24) is 4.90 Å². The van der Waals surface area contributed by atoms with Crippen molar-refractivity contribution in [3.8, 4) is 11.5 Å². The monoisotopic (exact) mass is 403 g/mol. The summed E-state index contributed by atoms with van der Waals surface area (Å²) in [5.74, 6) is 1.80. The number of allylic oxidation sites excluding steroid dienone is 1. The van der Waals surface area contributed by atoms with Gasteiger partial charge in [-0.1, -0.05) is 36.4 Å². The van der Waals surface area contributed by atoms with Gasteiger partial charge in [-0.3, -0.25) is 9.69 Å². The Hall–Kier alpha value is -2.89. The largest absolute Gasteiger partial charge is 0.478 e. The highest BCUT2D eigenvalue weighted by atomic mass is 32.1. The van der Waals surface area contributed by atoms with E-state index in [0.717, 1.165) is 42.1 Å². The summed E-state index contributed by atoms with van der Waals surface area (Å²) in [5.41, 5.74) is 2.95. The second kappa shape index (κ2) is 7.85. The maximum Gasteiger partial charge on any atom is 0.232 e. The van der Waals surface area contributed by atoms with E-state index in [1.807, 2.05) is 41.8 Å². The van der Waals surface area contributed by atoms with Crippen molar-refractivity contribution in [2.45, 2.75) is 19.4 Å². The molecule has 5 heteroatoms. The number of rotatable bonds is 5. The van der Waals surface area contributed by atoms with Crippen molar-refractivity contribution >= 4 is 23.2 Å². The molecule has 4 nitrogen and oxygen atoms in total. The molecule has 0 radical (unpaired) electrons. The van der Waals surface area contributed by atoms with E-state index >= 15 is 0 Å². The van der Waals surface area contributed by atoms with Gasteiger partial charge in [0.1, 0.15) is 18.2 Å². The molecule has 2 aliphatic rings. The number of aryl methyl sites for hydroxylation is 1. The van der Waals surface area contributed by atoms with Crippen molar-refractivity contribution in [3.63, 3.8) is 0 Å². The Balaban J connectivity index is 1.31. The quantitative estimate of drug-likeness (QED) is 0.553. The third-order valence-corrected chi connectivity index (χ3v) is 6.10. The standard InChI is InChI=1S/C24H21NO3S/c26-23-19-10-11-21-20(24(19)28-22(23)14-18-9-5-13-29-18)15-25(16-27-21)12-4-8-17-6-2-1-3-7-17/h1-3,5-7,9-11,13-14H,4,8,12,15-16H2/b22-14-. The number of fused-ring (bicyclic) bond motifs is 3. The zero-order valence-corrected chi connectivity index (χ0v) is 16.8. The molecule has 5 rings (SSSR count). The van der Waals surface area contributed by atoms with Crippen LogP contribution < -0.4 is 9.47 Å². The first-order valence-electron chi connectivity index (χ1n) is 9.80. The zero-order valence-electron chi connectivity index (χ0n) is 16.0. The number of ketones is 1. The minimum absolute atomic E-state index is 0.0580. The van der Waals surface area contributed by atoms with E-state index in [1.165, 1.54) is 5.56 Å². The van der Waals surface area contributed by atoms with Gasteiger partial charge in [0.25, 0.3) is 0 Å². The van der Waals surface area contributed by atoms with Crippen LogP contribution in [0, 0.1) is 0 Å². The highest BCUT2D eigenvalue weighted by molar-refractivity contribution is 7.10. The van der Waals surface area contributed by atoms with Crippen LogP contribution in [0.15, 0.2) is 65.7 Å². The fraction of sp³-hybridized carbons (Fsp3) is 0.208. The van der Waals surface area contributed by atoms with Crippen molar-refractivity contribution in [3.05, 3.63) is 87.3 Å². The first-order chi connectivity index (χ1) is 14.3. The van der Waals surface area contributed by atoms with Crippen molar-refractivity contribution in [2.24, 2.45) is 0 Å². The smallest absolute Gasteiger partial charge is 0.232 e. The zero-order chi connectivity index (χ0) is 19.6. The van der Waals surface area contributed by atoms with E-state index in [4.69, 9.17) is 9.47 Å². The lowest BCUT2D eigenvalue weighted by Crippen LogP contribution is -2.33. The van der Waals surface area contributed by atoms with Crippen LogP contribution in [0.2, 0.25) is 0 Å². The Bertz CT molecular complexity index is 1060. The molecule has 0 bridgehead atoms. The molecule has 0 atom stereocenters. The number of nitrogens with zero attached hydrogens (tertiary/aromatic N) is 1. The van der Waals surface area contributed by atoms with Crippen molar-refractivity contribution in [1.29, 1.82) is 0 Å². The van der Waals surface area contributed by atoms with Gasteiger partial charge in [-0.15, -0.1) is 11.3 Å². The fourth-order valence-electron chi connectivity index (χ4n) is 3.80. The number of carbonyl (C=O) groups excluding carboxylic acids is 1. The summed E-state index contributed by atoms with van der Waals surface area (Å²) in [5, 5.41) is 1.99. The highest BCUT2D eigenvalue weighted by Crippen LogP contribution is 2.42. The summed E-state index contributed by atoms with van der Waals surface area (Å²) >= 11 is 1.59. The normalized spacial score (nSPS) is 17.0. The van der Waals surface area contributed by atoms with Gasteiger partial charge in [-0.2, -0.15) is 0 Å². The number of thiophene rings is 1. The van der Waals surface area contributed by atoms with E-state index < -0.39 is 0 Å². The molecule has 0 saturated carbocycles. The minimum Gasteiger partial charge on any atom is -0.478 e. The van der Waals surface area contributed by atoms with Crippen molar-refractivity contribution < 1.29 is 14.3 Å². The van der Waals surface area contributed by atoms with Gasteiger partial charge in [0.15, 0.2) is 5.76 Å². The Morgan fingerprint density at radius 1 is 1.07 bits per heavy atom. The van der Waals surface area contributed by atoms with Crippen LogP contribution in [-0.4, -0.2) is 24.0 Å². The third kappa shape index (κ3) is 3.71. The maximum absolute atomic E-state index is 12.8. The fourth-order valence-corrected chi connectivity index (χ4v) is 4.45. The number of hydrogen-bond acceptors (Lipinski definition) is 5. The molecule has 0 aliphatic carbocycles. The van der Waals surface area contributed by atoms with Gasteiger partial charge >= 0.3 is 0 Å². The molecule has 0 amide bonds. The number of ether oxygens (including phenoxy) is 2. The van der Waals surface area contributed by atoms with Gasteiger partial charge in [-0.05, 0) is 42.0 Å². The first kappa shape index (κ1) is 18.2. The van der Waals surface area contributed by atoms with E-state index in [0.29, 0.717) is 23.8 Å². The maximum atomic E-state index is 12.8. The van der Waals surface area contributed by atoms with Crippen LogP contribution >= 0.6 is 11.3 Å². The lowest BCUT2D eigenvalue weighted by molar-refractivity contribution is 0.0928. The first-order valence-corrected chi connectivity index (χ1v) is 10.7. The summed E-state index contributed by atoms with van der Waals surface area (Å²) in [6.07, 6.45) is 3.92. The summed E-state index contributed by atoms with van der Waals surface area (Å²) < 4.78 is 12.0. The molecule has 2 aromatic carbocycles. The van der Waals surface area contributed by atoms with Crippen LogP contribution in [0.1, 0.15) is 32.8 Å². The predicted molar refractivity (Wildman–Crippen MR) is 114 cm³/mol. The van der Waals surface area contributed by atoms with E-state index in [2.05, 4.69) is 29.2 Å². The average molecular weight is 404 g/mol. The number of Topliss-reactive ketones (excluding diaryl/α,β-unsaturated/α-hetero) is 1. The molecule has 29 heavy (non-hydrogen) atoms. The molecule has 2 aliphatic heterocycles. The molecule has 0 saturated heterocycles. The third-order valence-electron chi connectivity index (χ3n) is 5.28. The van der Waals surface area contributed by atoms with Crippen LogP contribution in [-0.2, 0) is 13.0 Å². The van der Waals surface area contributed by atoms with Gasteiger partial charge in [-0.25, -0.2) is 0 Å². The summed E-state index contributed by atoms with van der Waals surface area (Å²) in [4.78, 5) is 16.0. The second-order valence-corrected chi connectivity index (χ2v) is 8.27. The molecule has 0 fully saturated rings. The highest BCUT2D eigenvalue weighted by Gasteiger charge is 2.33. The van der Waals surface area contributed by atoms with Gasteiger partial charge in [0.2, 0.25) is 5.78 Å². The molecule has 0 unspecified atom stereocenters. The Morgan fingerprint density at radius 3 is 2.79 bits per heavy atom. The molecule has 1 aromatic heterocycles. The van der Waals surface area contributed by atoms with E-state index in [9.17, 15) is 4.79 Å². The molecule has 0 spiro atoms. The summed E-state index contributed by atoms with van der Waals surface area (Å²) in [6.45, 7) is 2.23. The van der Waals surface area contributed by atoms with Crippen LogP contribution in [0.5, 0.6) is 11.5 Å². The lowest BCUT2D eigenvalue weighted by atomic mass is 10.0. The summed E-state index contributed by atoms with van der Waals surface area (Å²) in [6, 6.07) is 18.2. The van der Waals surface area contributed by atoms with Crippen LogP contribution in [0.3, 0.4) is 0 Å². The second-order valence-electron chi connectivity index (χ2n) is 7.29.